The van der Waals surface area contributed by atoms with Gasteiger partial charge in [0.25, 0.3) is 0 Å². The lowest BCUT2D eigenvalue weighted by atomic mass is 10.3. The molecule has 0 heterocycles. The quantitative estimate of drug-likeness (QED) is 0.352. The second-order valence-electron chi connectivity index (χ2n) is 2.72. The Kier molecular flexibility index (Phi) is 6.97. The summed E-state index contributed by atoms with van der Waals surface area (Å²) in [5, 5.41) is 13.6. The number of hydrogen-bond donors (Lipinski definition) is 3. The fourth-order valence-electron chi connectivity index (χ4n) is 0.835. The molecule has 0 saturated heterocycles. The lowest BCUT2D eigenvalue weighted by Gasteiger charge is -2.13. The first kappa shape index (κ1) is 13.4. The predicted octanol–water partition coefficient (Wildman–Crippen LogP) is -1.57. The van der Waals surface area contributed by atoms with E-state index < -0.39 is 17.9 Å². The molecule has 0 aromatic carbocycles. The number of amides is 1. The maximum absolute atomic E-state index is 11.1. The SMILES string of the molecule is C#CCNCC(=O)NC(COC)C(=O)O. The fourth-order valence-corrected chi connectivity index (χ4v) is 0.835. The molecule has 0 bridgehead atoms. The number of carboxylic acids is 1. The van der Waals surface area contributed by atoms with Gasteiger partial charge in [0.05, 0.1) is 19.7 Å². The van der Waals surface area contributed by atoms with Crippen LogP contribution in [0.2, 0.25) is 0 Å². The van der Waals surface area contributed by atoms with Gasteiger partial charge in [-0.1, -0.05) is 5.92 Å². The van der Waals surface area contributed by atoms with Gasteiger partial charge in [-0.2, -0.15) is 0 Å². The first-order valence-corrected chi connectivity index (χ1v) is 4.27. The molecule has 1 atom stereocenters. The zero-order valence-corrected chi connectivity index (χ0v) is 8.45. The third-order valence-corrected chi connectivity index (χ3v) is 1.48. The third kappa shape index (κ3) is 6.49. The monoisotopic (exact) mass is 214 g/mol. The molecule has 0 aliphatic carbocycles. The zero-order chi connectivity index (χ0) is 11.7. The minimum atomic E-state index is -1.14. The molecule has 84 valence electrons. The standard InChI is InChI=1S/C9H14N2O4/c1-3-4-10-5-8(12)11-7(6-15-2)9(13)14/h1,7,10H,4-6H2,2H3,(H,11,12)(H,13,14). The van der Waals surface area contributed by atoms with Crippen molar-refractivity contribution in [2.45, 2.75) is 6.04 Å². The normalized spacial score (nSPS) is 11.5. The van der Waals surface area contributed by atoms with E-state index in [4.69, 9.17) is 11.5 Å². The van der Waals surface area contributed by atoms with Gasteiger partial charge in [0.15, 0.2) is 6.04 Å². The molecule has 0 aliphatic rings. The van der Waals surface area contributed by atoms with Crippen LogP contribution in [-0.2, 0) is 14.3 Å². The van der Waals surface area contributed by atoms with Crippen LogP contribution in [0.25, 0.3) is 0 Å². The summed E-state index contributed by atoms with van der Waals surface area (Å²) in [6.45, 7) is 0.170. The summed E-state index contributed by atoms with van der Waals surface area (Å²) < 4.78 is 4.64. The van der Waals surface area contributed by atoms with E-state index in [2.05, 4.69) is 21.3 Å². The van der Waals surface area contributed by atoms with Crippen molar-refractivity contribution in [3.63, 3.8) is 0 Å². The summed E-state index contributed by atoms with van der Waals surface area (Å²) in [6, 6.07) is -1.03. The van der Waals surface area contributed by atoms with Crippen molar-refractivity contribution in [1.82, 2.24) is 10.6 Å². The number of carboxylic acid groups (broad SMARTS) is 1. The van der Waals surface area contributed by atoms with Crippen molar-refractivity contribution < 1.29 is 19.4 Å². The Morgan fingerprint density at radius 3 is 2.73 bits per heavy atom. The van der Waals surface area contributed by atoms with Gasteiger partial charge in [-0.05, 0) is 0 Å². The highest BCUT2D eigenvalue weighted by molar-refractivity contribution is 5.84. The maximum Gasteiger partial charge on any atom is 0.328 e. The van der Waals surface area contributed by atoms with Gasteiger partial charge in [-0.15, -0.1) is 6.42 Å². The Balaban J connectivity index is 3.90. The predicted molar refractivity (Wildman–Crippen MR) is 53.1 cm³/mol. The molecule has 15 heavy (non-hydrogen) atoms. The Morgan fingerprint density at radius 2 is 2.27 bits per heavy atom. The first-order valence-electron chi connectivity index (χ1n) is 4.27. The molecule has 0 radical (unpaired) electrons. The van der Waals surface area contributed by atoms with Crippen molar-refractivity contribution in [3.8, 4) is 12.3 Å². The van der Waals surface area contributed by atoms with Crippen LogP contribution in [0.3, 0.4) is 0 Å². The molecular weight excluding hydrogens is 200 g/mol. The molecule has 1 unspecified atom stereocenters. The molecule has 0 fully saturated rings. The highest BCUT2D eigenvalue weighted by Gasteiger charge is 2.18. The lowest BCUT2D eigenvalue weighted by Crippen LogP contribution is -2.46. The summed E-state index contributed by atoms with van der Waals surface area (Å²) >= 11 is 0. The van der Waals surface area contributed by atoms with Crippen LogP contribution in [0.1, 0.15) is 0 Å². The summed E-state index contributed by atoms with van der Waals surface area (Å²) in [7, 11) is 1.36. The van der Waals surface area contributed by atoms with E-state index in [9.17, 15) is 9.59 Å². The Labute approximate surface area is 88.0 Å². The lowest BCUT2D eigenvalue weighted by molar-refractivity contribution is -0.143. The van der Waals surface area contributed by atoms with Gasteiger partial charge >= 0.3 is 5.97 Å². The van der Waals surface area contributed by atoms with E-state index in [0.29, 0.717) is 0 Å². The number of ether oxygens (including phenoxy) is 1. The second kappa shape index (κ2) is 7.79. The van der Waals surface area contributed by atoms with Crippen molar-refractivity contribution in [3.05, 3.63) is 0 Å². The highest BCUT2D eigenvalue weighted by Crippen LogP contribution is 1.85. The molecule has 0 saturated carbocycles. The Morgan fingerprint density at radius 1 is 1.60 bits per heavy atom. The fraction of sp³-hybridized carbons (Fsp3) is 0.556. The van der Waals surface area contributed by atoms with Crippen LogP contribution in [0, 0.1) is 12.3 Å². The number of terminal acetylenes is 1. The summed E-state index contributed by atoms with van der Waals surface area (Å²) in [6.07, 6.45) is 4.95. The van der Waals surface area contributed by atoms with Crippen molar-refractivity contribution in [2.24, 2.45) is 0 Å². The van der Waals surface area contributed by atoms with E-state index in [1.807, 2.05) is 0 Å². The molecule has 0 aliphatic heterocycles. The molecule has 0 aromatic heterocycles. The van der Waals surface area contributed by atoms with Gasteiger partial charge in [-0.25, -0.2) is 4.79 Å². The Bertz CT molecular complexity index is 259. The molecule has 6 heteroatoms. The van der Waals surface area contributed by atoms with E-state index in [1.165, 1.54) is 7.11 Å². The van der Waals surface area contributed by atoms with Crippen LogP contribution in [0.5, 0.6) is 0 Å². The molecule has 0 spiro atoms. The van der Waals surface area contributed by atoms with E-state index >= 15 is 0 Å². The summed E-state index contributed by atoms with van der Waals surface area (Å²) in [5.41, 5.74) is 0. The van der Waals surface area contributed by atoms with Gasteiger partial charge in [-0.3, -0.25) is 10.1 Å². The van der Waals surface area contributed by atoms with Crippen LogP contribution in [-0.4, -0.2) is 49.8 Å². The van der Waals surface area contributed by atoms with Crippen molar-refractivity contribution in [1.29, 1.82) is 0 Å². The van der Waals surface area contributed by atoms with Crippen LogP contribution >= 0.6 is 0 Å². The number of methoxy groups -OCH3 is 1. The number of nitrogens with one attached hydrogen (secondary N) is 2. The smallest absolute Gasteiger partial charge is 0.328 e. The van der Waals surface area contributed by atoms with Crippen molar-refractivity contribution in [2.75, 3.05) is 26.8 Å². The topological polar surface area (TPSA) is 87.7 Å². The molecule has 1 amide bonds. The minimum Gasteiger partial charge on any atom is -0.480 e. The summed E-state index contributed by atoms with van der Waals surface area (Å²) in [4.78, 5) is 21.8. The van der Waals surface area contributed by atoms with Crippen LogP contribution in [0.15, 0.2) is 0 Å². The number of carbonyl (C=O) groups is 2. The maximum atomic E-state index is 11.1. The van der Waals surface area contributed by atoms with Gasteiger partial charge in [0, 0.05) is 7.11 Å². The van der Waals surface area contributed by atoms with E-state index in [-0.39, 0.29) is 19.7 Å². The molecule has 3 N–H and O–H groups in total. The van der Waals surface area contributed by atoms with Crippen LogP contribution in [0.4, 0.5) is 0 Å². The molecular formula is C9H14N2O4. The second-order valence-corrected chi connectivity index (χ2v) is 2.72. The Hall–Kier alpha value is -1.58. The first-order chi connectivity index (χ1) is 7.11. The van der Waals surface area contributed by atoms with E-state index in [1.54, 1.807) is 0 Å². The average molecular weight is 214 g/mol. The number of aliphatic carboxylic acids is 1. The molecule has 0 aromatic rings. The largest absolute Gasteiger partial charge is 0.480 e. The van der Waals surface area contributed by atoms with Gasteiger partial charge < -0.3 is 15.2 Å². The molecule has 6 nitrogen and oxygen atoms in total. The van der Waals surface area contributed by atoms with E-state index in [0.717, 1.165) is 0 Å². The minimum absolute atomic E-state index is 0.0162. The van der Waals surface area contributed by atoms with Gasteiger partial charge in [0.2, 0.25) is 5.91 Å². The zero-order valence-electron chi connectivity index (χ0n) is 8.45. The number of carbonyl (C=O) groups excluding carboxylic acids is 1. The molecule has 0 rings (SSSR count). The van der Waals surface area contributed by atoms with Crippen LogP contribution < -0.4 is 10.6 Å². The van der Waals surface area contributed by atoms with Crippen molar-refractivity contribution >= 4 is 11.9 Å². The highest BCUT2D eigenvalue weighted by atomic mass is 16.5. The number of hydrogen-bond acceptors (Lipinski definition) is 4. The van der Waals surface area contributed by atoms with Gasteiger partial charge in [0.1, 0.15) is 0 Å². The number of rotatable bonds is 7. The third-order valence-electron chi connectivity index (χ3n) is 1.48. The average Bonchev–Trinajstić information content (AvgIpc) is 2.17. The summed E-state index contributed by atoms with van der Waals surface area (Å²) in [5.74, 6) is 0.720.